The quantitative estimate of drug-likeness (QED) is 0.179. The van der Waals surface area contributed by atoms with Crippen LogP contribution in [-0.2, 0) is 4.74 Å². The van der Waals surface area contributed by atoms with Gasteiger partial charge in [-0.05, 0) is 30.7 Å². The summed E-state index contributed by atoms with van der Waals surface area (Å²) in [6.45, 7) is 4.36. The summed E-state index contributed by atoms with van der Waals surface area (Å²) < 4.78 is 21.8. The third-order valence-electron chi connectivity index (χ3n) is 6.44. The number of unbranched alkanes of at least 4 members (excludes halogenated alkanes) is 3. The van der Waals surface area contributed by atoms with Crippen molar-refractivity contribution < 1.29 is 18.8 Å². The van der Waals surface area contributed by atoms with Gasteiger partial charge in [-0.15, -0.1) is 4.37 Å². The molecule has 184 valence electrons. The zero-order valence-electron chi connectivity index (χ0n) is 20.6. The SMILES string of the molecule is CCCCCCOc1nsnc1C1=CCC[N+](C)(C(OC(=O)c2ccccc2)c2ccccc2)C1. The Labute approximate surface area is 212 Å². The summed E-state index contributed by atoms with van der Waals surface area (Å²) in [5.74, 6) is 0.296. The third kappa shape index (κ3) is 6.35. The Kier molecular flexibility index (Phi) is 8.66. The number of hydrogen-bond acceptors (Lipinski definition) is 6. The average Bonchev–Trinajstić information content (AvgIpc) is 3.36. The van der Waals surface area contributed by atoms with Crippen molar-refractivity contribution >= 4 is 23.3 Å². The molecule has 2 heterocycles. The molecule has 3 aromatic rings. The Morgan fingerprint density at radius 1 is 1.03 bits per heavy atom. The van der Waals surface area contributed by atoms with Gasteiger partial charge in [-0.2, -0.15) is 4.37 Å². The molecule has 1 aromatic heterocycles. The lowest BCUT2D eigenvalue weighted by atomic mass is 10.0. The summed E-state index contributed by atoms with van der Waals surface area (Å²) in [6.07, 6.45) is 7.22. The molecule has 0 radical (unpaired) electrons. The number of likely N-dealkylation sites (N-methyl/N-ethyl adjacent to an activating group) is 1. The molecule has 1 aliphatic heterocycles. The predicted octanol–water partition coefficient (Wildman–Crippen LogP) is 6.29. The van der Waals surface area contributed by atoms with E-state index in [4.69, 9.17) is 9.47 Å². The Morgan fingerprint density at radius 2 is 1.77 bits per heavy atom. The minimum absolute atomic E-state index is 0.318. The highest BCUT2D eigenvalue weighted by molar-refractivity contribution is 6.99. The van der Waals surface area contributed by atoms with Crippen LogP contribution < -0.4 is 4.74 Å². The summed E-state index contributed by atoms with van der Waals surface area (Å²) in [5.41, 5.74) is 3.43. The van der Waals surface area contributed by atoms with Crippen LogP contribution in [0.1, 0.15) is 66.9 Å². The van der Waals surface area contributed by atoms with Gasteiger partial charge in [0.1, 0.15) is 12.2 Å². The molecule has 35 heavy (non-hydrogen) atoms. The van der Waals surface area contributed by atoms with E-state index in [1.165, 1.54) is 24.6 Å². The zero-order chi connectivity index (χ0) is 24.5. The molecule has 0 N–H and O–H groups in total. The predicted molar refractivity (Wildman–Crippen MR) is 139 cm³/mol. The molecule has 0 saturated heterocycles. The van der Waals surface area contributed by atoms with Crippen molar-refractivity contribution in [2.24, 2.45) is 0 Å². The molecule has 4 rings (SSSR count). The number of carbonyl (C=O) groups excluding carboxylic acids is 1. The van der Waals surface area contributed by atoms with Gasteiger partial charge in [0.15, 0.2) is 0 Å². The number of rotatable bonds is 11. The van der Waals surface area contributed by atoms with Gasteiger partial charge in [0.05, 0.1) is 43.1 Å². The van der Waals surface area contributed by atoms with Crippen LogP contribution in [0.2, 0.25) is 0 Å². The molecular formula is C28H34N3O3S+. The van der Waals surface area contributed by atoms with Gasteiger partial charge in [0.2, 0.25) is 0 Å². The van der Waals surface area contributed by atoms with Crippen LogP contribution in [0, 0.1) is 0 Å². The van der Waals surface area contributed by atoms with Crippen LogP contribution in [0.25, 0.3) is 5.57 Å². The molecule has 0 saturated carbocycles. The number of esters is 1. The number of quaternary nitrogens is 1. The monoisotopic (exact) mass is 492 g/mol. The third-order valence-corrected chi connectivity index (χ3v) is 6.95. The lowest BCUT2D eigenvalue weighted by Gasteiger charge is -2.42. The first-order chi connectivity index (χ1) is 17.1. The first kappa shape index (κ1) is 25.1. The minimum atomic E-state index is -0.447. The Morgan fingerprint density at radius 3 is 2.51 bits per heavy atom. The number of carbonyl (C=O) groups is 1. The molecule has 1 aliphatic rings. The fourth-order valence-corrected chi connectivity index (χ4v) is 5.05. The number of ether oxygens (including phenoxy) is 2. The average molecular weight is 493 g/mol. The van der Waals surface area contributed by atoms with Crippen molar-refractivity contribution in [1.29, 1.82) is 0 Å². The van der Waals surface area contributed by atoms with Gasteiger partial charge in [-0.3, -0.25) is 4.48 Å². The van der Waals surface area contributed by atoms with Crippen LogP contribution in [0.5, 0.6) is 5.88 Å². The molecule has 2 atom stereocenters. The van der Waals surface area contributed by atoms with E-state index in [1.54, 1.807) is 12.1 Å². The summed E-state index contributed by atoms with van der Waals surface area (Å²) in [5, 5.41) is 0. The molecule has 0 bridgehead atoms. The largest absolute Gasteiger partial charge is 0.475 e. The maximum Gasteiger partial charge on any atom is 0.342 e. The van der Waals surface area contributed by atoms with Crippen LogP contribution in [-0.4, -0.2) is 45.9 Å². The van der Waals surface area contributed by atoms with Crippen molar-refractivity contribution in [3.05, 3.63) is 83.6 Å². The van der Waals surface area contributed by atoms with Gasteiger partial charge in [-0.1, -0.05) is 68.7 Å². The normalized spacial score (nSPS) is 18.5. The number of aromatic nitrogens is 2. The fourth-order valence-electron chi connectivity index (χ4n) is 4.52. The molecule has 0 aliphatic carbocycles. The minimum Gasteiger partial charge on any atom is -0.475 e. The maximum atomic E-state index is 13.1. The molecule has 0 spiro atoms. The smallest absolute Gasteiger partial charge is 0.342 e. The van der Waals surface area contributed by atoms with Crippen molar-refractivity contribution in [2.45, 2.75) is 45.3 Å². The van der Waals surface area contributed by atoms with Gasteiger partial charge >= 0.3 is 5.97 Å². The zero-order valence-corrected chi connectivity index (χ0v) is 21.4. The second kappa shape index (κ2) is 12.1. The Balaban J connectivity index is 1.54. The first-order valence-electron chi connectivity index (χ1n) is 12.4. The Bertz CT molecular complexity index is 1120. The van der Waals surface area contributed by atoms with Gasteiger partial charge < -0.3 is 9.47 Å². The van der Waals surface area contributed by atoms with Crippen molar-refractivity contribution in [2.75, 3.05) is 26.7 Å². The van der Waals surface area contributed by atoms with Crippen LogP contribution in [0.4, 0.5) is 0 Å². The lowest BCUT2D eigenvalue weighted by Crippen LogP contribution is -2.51. The molecule has 7 heteroatoms. The topological polar surface area (TPSA) is 61.3 Å². The van der Waals surface area contributed by atoms with Crippen LogP contribution in [0.3, 0.4) is 0 Å². The first-order valence-corrected chi connectivity index (χ1v) is 13.1. The van der Waals surface area contributed by atoms with Crippen molar-refractivity contribution in [1.82, 2.24) is 8.75 Å². The standard InChI is InChI=1S/C28H34N3O3S/c1-3-4-5-12-20-33-26-25(29-35-30-26)24-18-13-19-31(2,21-24)27(22-14-8-6-9-15-22)34-28(32)23-16-10-7-11-17-23/h6-11,14-18,27H,3-5,12-13,19-21H2,1-2H3/q+1. The highest BCUT2D eigenvalue weighted by atomic mass is 32.1. The number of benzene rings is 2. The molecule has 2 unspecified atom stereocenters. The van der Waals surface area contributed by atoms with E-state index in [1.807, 2.05) is 48.5 Å². The van der Waals surface area contributed by atoms with Gasteiger partial charge in [0.25, 0.3) is 12.1 Å². The summed E-state index contributed by atoms with van der Waals surface area (Å²) >= 11 is 1.18. The summed E-state index contributed by atoms with van der Waals surface area (Å²) in [7, 11) is 2.15. The highest BCUT2D eigenvalue weighted by Crippen LogP contribution is 2.37. The van der Waals surface area contributed by atoms with Crippen molar-refractivity contribution in [3.8, 4) is 5.88 Å². The second-order valence-corrected chi connectivity index (χ2v) is 9.77. The Hall–Kier alpha value is -3.03. The van der Waals surface area contributed by atoms with Gasteiger partial charge in [0, 0.05) is 12.0 Å². The van der Waals surface area contributed by atoms with E-state index in [-0.39, 0.29) is 5.97 Å². The maximum absolute atomic E-state index is 13.1. The van der Waals surface area contributed by atoms with E-state index in [2.05, 4.69) is 28.8 Å². The molecule has 0 fully saturated rings. The van der Waals surface area contributed by atoms with Crippen molar-refractivity contribution in [3.63, 3.8) is 0 Å². The van der Waals surface area contributed by atoms with Crippen LogP contribution in [0.15, 0.2) is 66.7 Å². The van der Waals surface area contributed by atoms with Gasteiger partial charge in [-0.25, -0.2) is 4.79 Å². The highest BCUT2D eigenvalue weighted by Gasteiger charge is 2.40. The fraction of sp³-hybridized carbons (Fsp3) is 0.393. The van der Waals surface area contributed by atoms with E-state index in [0.717, 1.165) is 42.6 Å². The summed E-state index contributed by atoms with van der Waals surface area (Å²) in [6, 6.07) is 19.2. The molecule has 0 amide bonds. The molecular weight excluding hydrogens is 458 g/mol. The van der Waals surface area contributed by atoms with Crippen LogP contribution >= 0.6 is 11.7 Å². The van der Waals surface area contributed by atoms with E-state index in [0.29, 0.717) is 29.1 Å². The van der Waals surface area contributed by atoms with E-state index in [9.17, 15) is 4.79 Å². The summed E-state index contributed by atoms with van der Waals surface area (Å²) in [4.78, 5) is 13.1. The molecule has 2 aromatic carbocycles. The van der Waals surface area contributed by atoms with E-state index < -0.39 is 6.23 Å². The molecule has 6 nitrogen and oxygen atoms in total. The number of nitrogens with zero attached hydrogens (tertiary/aromatic N) is 3. The number of hydrogen-bond donors (Lipinski definition) is 0. The van der Waals surface area contributed by atoms with E-state index >= 15 is 0 Å². The second-order valence-electron chi connectivity index (χ2n) is 9.24. The lowest BCUT2D eigenvalue weighted by molar-refractivity contribution is -0.953.